The van der Waals surface area contributed by atoms with Crippen molar-refractivity contribution in [2.24, 2.45) is 5.41 Å². The number of aromatic amines is 1. The third kappa shape index (κ3) is 6.36. The summed E-state index contributed by atoms with van der Waals surface area (Å²) in [5.74, 6) is 0.0550. The van der Waals surface area contributed by atoms with Crippen molar-refractivity contribution >= 4 is 23.0 Å². The summed E-state index contributed by atoms with van der Waals surface area (Å²) in [7, 11) is 0. The largest absolute Gasteiger partial charge is 0.465 e. The zero-order chi connectivity index (χ0) is 29.7. The van der Waals surface area contributed by atoms with E-state index in [1.54, 1.807) is 0 Å². The summed E-state index contributed by atoms with van der Waals surface area (Å²) in [6.45, 7) is 6.55. The summed E-state index contributed by atoms with van der Waals surface area (Å²) in [5, 5.41) is 15.5. The molecule has 1 heterocycles. The highest BCUT2D eigenvalue weighted by Crippen LogP contribution is 2.37. The second kappa shape index (κ2) is 11.9. The molecule has 0 aliphatic heterocycles. The number of carboxylic acid groups (broad SMARTS) is 1. The molecule has 5 aromatic rings. The fraction of sp³-hybridized carbons (Fsp3) is 0.229. The Bertz CT molecular complexity index is 1560. The Kier molecular flexibility index (Phi) is 8.11. The molecule has 4 N–H and O–H groups in total. The maximum absolute atomic E-state index is 14.0. The number of carbonyl (C=O) groups excluding carboxylic acids is 1. The maximum atomic E-state index is 14.0. The van der Waals surface area contributed by atoms with Crippen LogP contribution in [0.2, 0.25) is 0 Å². The predicted molar refractivity (Wildman–Crippen MR) is 165 cm³/mol. The van der Waals surface area contributed by atoms with Gasteiger partial charge in [0, 0.05) is 0 Å². The Morgan fingerprint density at radius 2 is 1.33 bits per heavy atom. The number of nitrogens with one attached hydrogen (secondary N) is 3. The van der Waals surface area contributed by atoms with Crippen LogP contribution in [0.5, 0.6) is 0 Å². The van der Waals surface area contributed by atoms with Gasteiger partial charge >= 0.3 is 6.09 Å². The van der Waals surface area contributed by atoms with E-state index in [1.807, 2.05) is 109 Å². The van der Waals surface area contributed by atoms with Gasteiger partial charge in [-0.3, -0.25) is 4.79 Å². The smallest absolute Gasteiger partial charge is 0.405 e. The van der Waals surface area contributed by atoms with Gasteiger partial charge in [-0.05, 0) is 46.2 Å². The van der Waals surface area contributed by atoms with E-state index in [-0.39, 0.29) is 17.7 Å². The van der Waals surface area contributed by atoms with Crippen molar-refractivity contribution in [2.45, 2.75) is 45.2 Å². The lowest BCUT2D eigenvalue weighted by Gasteiger charge is -2.37. The van der Waals surface area contributed by atoms with Gasteiger partial charge in [0.2, 0.25) is 5.91 Å². The Balaban J connectivity index is 1.52. The van der Waals surface area contributed by atoms with Gasteiger partial charge in [0.1, 0.15) is 11.4 Å². The summed E-state index contributed by atoms with van der Waals surface area (Å²) >= 11 is 0. The minimum Gasteiger partial charge on any atom is -0.465 e. The van der Waals surface area contributed by atoms with Crippen molar-refractivity contribution in [1.82, 2.24) is 20.6 Å². The normalized spacial score (nSPS) is 12.5. The molecule has 1 aromatic heterocycles. The van der Waals surface area contributed by atoms with Crippen molar-refractivity contribution in [3.05, 3.63) is 137 Å². The van der Waals surface area contributed by atoms with E-state index in [4.69, 9.17) is 0 Å². The monoisotopic (exact) mass is 560 g/mol. The first-order chi connectivity index (χ1) is 20.1. The van der Waals surface area contributed by atoms with E-state index >= 15 is 0 Å². The van der Waals surface area contributed by atoms with Crippen LogP contribution in [0.15, 0.2) is 109 Å². The second-order valence-electron chi connectivity index (χ2n) is 11.8. The number of fused-ring (bicyclic) bond motifs is 1. The van der Waals surface area contributed by atoms with Crippen LogP contribution in [0.3, 0.4) is 0 Å². The molecule has 214 valence electrons. The number of carbonyl (C=O) groups is 2. The Morgan fingerprint density at radius 1 is 0.810 bits per heavy atom. The van der Waals surface area contributed by atoms with Crippen molar-refractivity contribution in [2.75, 3.05) is 0 Å². The van der Waals surface area contributed by atoms with E-state index in [2.05, 4.69) is 41.4 Å². The van der Waals surface area contributed by atoms with E-state index in [9.17, 15) is 14.7 Å². The number of nitrogens with zero attached hydrogens (tertiary/aromatic N) is 1. The summed E-state index contributed by atoms with van der Waals surface area (Å²) in [4.78, 5) is 33.8. The quantitative estimate of drug-likeness (QED) is 0.146. The van der Waals surface area contributed by atoms with Crippen LogP contribution in [-0.2, 0) is 16.8 Å². The highest BCUT2D eigenvalue weighted by atomic mass is 16.4. The molecule has 7 nitrogen and oxygen atoms in total. The van der Waals surface area contributed by atoms with Gasteiger partial charge in [0.05, 0.1) is 23.5 Å². The molecule has 2 amide bonds. The Hall–Kier alpha value is -4.91. The first-order valence-electron chi connectivity index (χ1n) is 14.1. The van der Waals surface area contributed by atoms with Gasteiger partial charge in [-0.25, -0.2) is 9.78 Å². The molecule has 1 atom stereocenters. The first-order valence-corrected chi connectivity index (χ1v) is 14.1. The minimum absolute atomic E-state index is 0.116. The molecule has 0 aliphatic rings. The lowest BCUT2D eigenvalue weighted by Crippen LogP contribution is -2.48. The maximum Gasteiger partial charge on any atom is 0.405 e. The van der Waals surface area contributed by atoms with Gasteiger partial charge in [-0.2, -0.15) is 0 Å². The molecular formula is C35H36N4O3. The molecule has 5 rings (SSSR count). The molecule has 0 aliphatic carbocycles. The zero-order valence-corrected chi connectivity index (χ0v) is 24.1. The molecule has 0 bridgehead atoms. The minimum atomic E-state index is -1.23. The number of benzene rings is 4. The highest BCUT2D eigenvalue weighted by Gasteiger charge is 2.38. The molecule has 7 heteroatoms. The average Bonchev–Trinajstić information content (AvgIpc) is 3.39. The fourth-order valence-electron chi connectivity index (χ4n) is 5.56. The number of amides is 2. The number of hydrogen-bond donors (Lipinski definition) is 4. The first kappa shape index (κ1) is 28.6. The molecule has 4 aromatic carbocycles. The average molecular weight is 561 g/mol. The topological polar surface area (TPSA) is 107 Å². The van der Waals surface area contributed by atoms with E-state index in [0.29, 0.717) is 11.3 Å². The van der Waals surface area contributed by atoms with E-state index < -0.39 is 17.7 Å². The molecule has 1 unspecified atom stereocenters. The third-order valence-corrected chi connectivity index (χ3v) is 7.26. The van der Waals surface area contributed by atoms with Gasteiger partial charge in [0.25, 0.3) is 0 Å². The van der Waals surface area contributed by atoms with E-state index in [0.717, 1.165) is 34.2 Å². The molecule has 0 fully saturated rings. The molecule has 0 radical (unpaired) electrons. The second-order valence-corrected chi connectivity index (χ2v) is 11.8. The summed E-state index contributed by atoms with van der Waals surface area (Å²) < 4.78 is 0. The predicted octanol–water partition coefficient (Wildman–Crippen LogP) is 6.96. The van der Waals surface area contributed by atoms with Crippen molar-refractivity contribution < 1.29 is 14.7 Å². The Morgan fingerprint density at radius 3 is 1.81 bits per heavy atom. The standard InChI is InChI=1S/C35H36N4O3/c1-34(2,3)23-24-19-20-28-29(21-24)37-32(36-28)30(38-33(41)42)22-31(40)39-35(25-13-7-4-8-14-25,26-15-9-5-10-16-26)27-17-11-6-12-18-27/h4-21,30,38H,22-23H2,1-3H3,(H,36,37)(H,39,40)(H,41,42). The number of imidazole rings is 1. The van der Waals surface area contributed by atoms with E-state index in [1.165, 1.54) is 0 Å². The van der Waals surface area contributed by atoms with Gasteiger partial charge in [-0.15, -0.1) is 0 Å². The zero-order valence-electron chi connectivity index (χ0n) is 24.1. The van der Waals surface area contributed by atoms with Crippen molar-refractivity contribution in [3.63, 3.8) is 0 Å². The van der Waals surface area contributed by atoms with Gasteiger partial charge < -0.3 is 20.7 Å². The Labute approximate surface area is 246 Å². The van der Waals surface area contributed by atoms with Crippen LogP contribution in [0.4, 0.5) is 4.79 Å². The van der Waals surface area contributed by atoms with Crippen molar-refractivity contribution in [3.8, 4) is 0 Å². The summed E-state index contributed by atoms with van der Waals surface area (Å²) in [5.41, 5.74) is 4.43. The van der Waals surface area contributed by atoms with Crippen LogP contribution >= 0.6 is 0 Å². The van der Waals surface area contributed by atoms with Crippen LogP contribution in [0, 0.1) is 5.41 Å². The number of rotatable bonds is 9. The van der Waals surface area contributed by atoms with Gasteiger partial charge in [-0.1, -0.05) is 118 Å². The third-order valence-electron chi connectivity index (χ3n) is 7.26. The summed E-state index contributed by atoms with van der Waals surface area (Å²) in [6.07, 6.45) is -0.506. The molecule has 0 saturated carbocycles. The van der Waals surface area contributed by atoms with Crippen LogP contribution in [0.1, 0.15) is 61.3 Å². The molecule has 42 heavy (non-hydrogen) atoms. The molecule has 0 spiro atoms. The van der Waals surface area contributed by atoms with Crippen molar-refractivity contribution in [1.29, 1.82) is 0 Å². The van der Waals surface area contributed by atoms with Crippen LogP contribution < -0.4 is 10.6 Å². The number of aromatic nitrogens is 2. The fourth-order valence-corrected chi connectivity index (χ4v) is 5.56. The van der Waals surface area contributed by atoms with Gasteiger partial charge in [0.15, 0.2) is 0 Å². The lowest BCUT2D eigenvalue weighted by molar-refractivity contribution is -0.122. The SMILES string of the molecule is CC(C)(C)Cc1ccc2nc(C(CC(=O)NC(c3ccccc3)(c3ccccc3)c3ccccc3)NC(=O)O)[nH]c2c1. The number of hydrogen-bond acceptors (Lipinski definition) is 3. The molecule has 0 saturated heterocycles. The highest BCUT2D eigenvalue weighted by molar-refractivity contribution is 5.81. The van der Waals surface area contributed by atoms with Crippen LogP contribution in [0.25, 0.3) is 11.0 Å². The molecular weight excluding hydrogens is 524 g/mol. The lowest BCUT2D eigenvalue weighted by atomic mass is 9.77. The number of H-pyrrole nitrogens is 1. The van der Waals surface area contributed by atoms with Crippen LogP contribution in [-0.4, -0.2) is 27.1 Å². The summed E-state index contributed by atoms with van der Waals surface area (Å²) in [6, 6.07) is 34.5.